The van der Waals surface area contributed by atoms with E-state index in [2.05, 4.69) is 12.2 Å². The number of nitrogens with one attached hydrogen (secondary N) is 1. The summed E-state index contributed by atoms with van der Waals surface area (Å²) in [4.78, 5) is 24.4. The zero-order valence-corrected chi connectivity index (χ0v) is 12.2. The summed E-state index contributed by atoms with van der Waals surface area (Å²) in [5, 5.41) is 11.9. The number of carbonyl (C=O) groups is 2. The van der Waals surface area contributed by atoms with Crippen LogP contribution in [0.3, 0.4) is 0 Å². The average molecular weight is 270 g/mol. The molecule has 0 aromatic heterocycles. The Labute approximate surface area is 115 Å². The fourth-order valence-electron chi connectivity index (χ4n) is 2.76. The van der Waals surface area contributed by atoms with E-state index in [0.29, 0.717) is 5.92 Å². The minimum atomic E-state index is -0.973. The summed E-state index contributed by atoms with van der Waals surface area (Å²) in [6, 6.07) is -0.163. The Balaban J connectivity index is 2.61. The first kappa shape index (κ1) is 15.8. The molecule has 1 fully saturated rings. The minimum Gasteiger partial charge on any atom is -0.480 e. The number of nitrogens with zero attached hydrogens (tertiary/aromatic N) is 1. The van der Waals surface area contributed by atoms with Crippen LogP contribution in [0.4, 0.5) is 4.79 Å². The first-order valence-electron chi connectivity index (χ1n) is 7.24. The van der Waals surface area contributed by atoms with Gasteiger partial charge in [0.1, 0.15) is 6.54 Å². The van der Waals surface area contributed by atoms with Crippen molar-refractivity contribution in [2.24, 2.45) is 5.92 Å². The van der Waals surface area contributed by atoms with Gasteiger partial charge in [-0.2, -0.15) is 0 Å². The van der Waals surface area contributed by atoms with Crippen LogP contribution in [-0.4, -0.2) is 40.6 Å². The van der Waals surface area contributed by atoms with Gasteiger partial charge in [-0.15, -0.1) is 0 Å². The van der Waals surface area contributed by atoms with Crippen LogP contribution in [0, 0.1) is 5.92 Å². The van der Waals surface area contributed by atoms with E-state index in [1.165, 1.54) is 11.3 Å². The fraction of sp³-hybridized carbons (Fsp3) is 0.857. The van der Waals surface area contributed by atoms with Gasteiger partial charge in [-0.3, -0.25) is 4.79 Å². The third kappa shape index (κ3) is 4.73. The highest BCUT2D eigenvalue weighted by molar-refractivity contribution is 5.80. The highest BCUT2D eigenvalue weighted by atomic mass is 16.4. The lowest BCUT2D eigenvalue weighted by Gasteiger charge is -2.34. The number of hydrogen-bond acceptors (Lipinski definition) is 2. The molecule has 0 aliphatic heterocycles. The quantitative estimate of drug-likeness (QED) is 0.806. The molecule has 1 rings (SSSR count). The number of urea groups is 1. The Morgan fingerprint density at radius 3 is 2.47 bits per heavy atom. The van der Waals surface area contributed by atoms with Crippen LogP contribution in [0.2, 0.25) is 0 Å². The molecule has 0 aromatic rings. The molecule has 19 heavy (non-hydrogen) atoms. The van der Waals surface area contributed by atoms with Crippen molar-refractivity contribution in [2.75, 3.05) is 6.54 Å². The van der Waals surface area contributed by atoms with E-state index in [-0.39, 0.29) is 24.7 Å². The van der Waals surface area contributed by atoms with E-state index >= 15 is 0 Å². The summed E-state index contributed by atoms with van der Waals surface area (Å²) >= 11 is 0. The third-order valence-electron chi connectivity index (χ3n) is 3.93. The Hall–Kier alpha value is -1.26. The van der Waals surface area contributed by atoms with Gasteiger partial charge in [-0.1, -0.05) is 26.2 Å². The zero-order valence-electron chi connectivity index (χ0n) is 12.2. The first-order valence-corrected chi connectivity index (χ1v) is 7.24. The normalized spacial score (nSPS) is 23.2. The minimum absolute atomic E-state index is 0.111. The number of rotatable bonds is 5. The third-order valence-corrected chi connectivity index (χ3v) is 3.93. The summed E-state index contributed by atoms with van der Waals surface area (Å²) in [6.45, 7) is 5.57. The number of amides is 2. The molecular weight excluding hydrogens is 244 g/mol. The average Bonchev–Trinajstić information content (AvgIpc) is 2.36. The van der Waals surface area contributed by atoms with Gasteiger partial charge < -0.3 is 15.3 Å². The molecule has 0 spiro atoms. The molecular formula is C14H26N2O3. The molecule has 0 aromatic carbocycles. The van der Waals surface area contributed by atoms with Crippen molar-refractivity contribution in [3.8, 4) is 0 Å². The summed E-state index contributed by atoms with van der Waals surface area (Å²) in [7, 11) is 0. The highest BCUT2D eigenvalue weighted by Crippen LogP contribution is 2.26. The van der Waals surface area contributed by atoms with Crippen LogP contribution in [0.25, 0.3) is 0 Å². The lowest BCUT2D eigenvalue weighted by atomic mass is 9.83. The van der Waals surface area contributed by atoms with Gasteiger partial charge in [0.2, 0.25) is 0 Å². The van der Waals surface area contributed by atoms with E-state index in [0.717, 1.165) is 25.7 Å². The van der Waals surface area contributed by atoms with Gasteiger partial charge in [-0.05, 0) is 32.6 Å². The molecule has 1 saturated carbocycles. The van der Waals surface area contributed by atoms with Crippen LogP contribution < -0.4 is 5.32 Å². The van der Waals surface area contributed by atoms with Crippen molar-refractivity contribution in [1.29, 1.82) is 0 Å². The monoisotopic (exact) mass is 270 g/mol. The van der Waals surface area contributed by atoms with E-state index < -0.39 is 5.97 Å². The molecule has 0 bridgehead atoms. The summed E-state index contributed by atoms with van der Waals surface area (Å²) in [5.41, 5.74) is 0. The highest BCUT2D eigenvalue weighted by Gasteiger charge is 2.28. The maximum atomic E-state index is 12.2. The van der Waals surface area contributed by atoms with Gasteiger partial charge in [0, 0.05) is 12.1 Å². The second kappa shape index (κ2) is 7.36. The summed E-state index contributed by atoms with van der Waals surface area (Å²) in [6.07, 6.45) is 5.59. The Bertz CT molecular complexity index is 318. The summed E-state index contributed by atoms with van der Waals surface area (Å²) in [5.74, 6) is -0.448. The van der Waals surface area contributed by atoms with Crippen LogP contribution in [-0.2, 0) is 4.79 Å². The fourth-order valence-corrected chi connectivity index (χ4v) is 2.76. The maximum Gasteiger partial charge on any atom is 0.323 e. The molecule has 0 radical (unpaired) electrons. The van der Waals surface area contributed by atoms with Gasteiger partial charge in [0.05, 0.1) is 0 Å². The van der Waals surface area contributed by atoms with Gasteiger partial charge in [0.15, 0.2) is 0 Å². The largest absolute Gasteiger partial charge is 0.480 e. The molecule has 0 saturated heterocycles. The van der Waals surface area contributed by atoms with Gasteiger partial charge in [-0.25, -0.2) is 4.79 Å². The van der Waals surface area contributed by atoms with E-state index in [4.69, 9.17) is 5.11 Å². The molecule has 5 nitrogen and oxygen atoms in total. The van der Waals surface area contributed by atoms with Crippen LogP contribution in [0.15, 0.2) is 0 Å². The second-order valence-electron chi connectivity index (χ2n) is 5.62. The van der Waals surface area contributed by atoms with E-state index in [9.17, 15) is 9.59 Å². The van der Waals surface area contributed by atoms with Crippen molar-refractivity contribution < 1.29 is 14.7 Å². The molecule has 2 atom stereocenters. The zero-order chi connectivity index (χ0) is 14.4. The smallest absolute Gasteiger partial charge is 0.323 e. The molecule has 0 heterocycles. The molecule has 2 amide bonds. The standard InChI is InChI=1S/C14H26N2O3/c1-4-11-7-5-6-8-12(11)15-14(19)16(10(2)3)9-13(17)18/h10-12H,4-9H2,1-3H3,(H,15,19)(H,17,18). The number of carboxylic acid groups (broad SMARTS) is 1. The Kier molecular flexibility index (Phi) is 6.12. The van der Waals surface area contributed by atoms with E-state index in [1.54, 1.807) is 0 Å². The van der Waals surface area contributed by atoms with Crippen molar-refractivity contribution in [2.45, 2.75) is 65.0 Å². The van der Waals surface area contributed by atoms with Crippen molar-refractivity contribution in [3.63, 3.8) is 0 Å². The lowest BCUT2D eigenvalue weighted by Crippen LogP contribution is -2.51. The second-order valence-corrected chi connectivity index (χ2v) is 5.62. The molecule has 5 heteroatoms. The van der Waals surface area contributed by atoms with Gasteiger partial charge in [0.25, 0.3) is 0 Å². The lowest BCUT2D eigenvalue weighted by molar-refractivity contribution is -0.138. The number of aliphatic carboxylic acids is 1. The number of carbonyl (C=O) groups excluding carboxylic acids is 1. The van der Waals surface area contributed by atoms with Crippen LogP contribution >= 0.6 is 0 Å². The SMILES string of the molecule is CCC1CCCCC1NC(=O)N(CC(=O)O)C(C)C. The van der Waals surface area contributed by atoms with Crippen molar-refractivity contribution in [1.82, 2.24) is 10.2 Å². The Morgan fingerprint density at radius 2 is 1.95 bits per heavy atom. The Morgan fingerprint density at radius 1 is 1.32 bits per heavy atom. The maximum absolute atomic E-state index is 12.2. The molecule has 2 N–H and O–H groups in total. The molecule has 2 unspecified atom stereocenters. The molecule has 1 aliphatic carbocycles. The number of hydrogen-bond donors (Lipinski definition) is 2. The molecule has 110 valence electrons. The molecule has 1 aliphatic rings. The predicted octanol–water partition coefficient (Wildman–Crippen LogP) is 2.46. The topological polar surface area (TPSA) is 69.6 Å². The predicted molar refractivity (Wildman–Crippen MR) is 74.0 cm³/mol. The van der Waals surface area contributed by atoms with Gasteiger partial charge >= 0.3 is 12.0 Å². The van der Waals surface area contributed by atoms with Crippen LogP contribution in [0.1, 0.15) is 52.9 Å². The van der Waals surface area contributed by atoms with Crippen molar-refractivity contribution in [3.05, 3.63) is 0 Å². The first-order chi connectivity index (χ1) is 8.95. The van der Waals surface area contributed by atoms with Crippen molar-refractivity contribution >= 4 is 12.0 Å². The number of carboxylic acids is 1. The summed E-state index contributed by atoms with van der Waals surface area (Å²) < 4.78 is 0. The van der Waals surface area contributed by atoms with E-state index in [1.807, 2.05) is 13.8 Å². The van der Waals surface area contributed by atoms with Crippen LogP contribution in [0.5, 0.6) is 0 Å².